The number of hydrogen-bond donors (Lipinski definition) is 2. The van der Waals surface area contributed by atoms with Crippen molar-refractivity contribution in [2.75, 3.05) is 0 Å². The van der Waals surface area contributed by atoms with Gasteiger partial charge in [0.1, 0.15) is 5.76 Å². The Bertz CT molecular complexity index is 936. The molecule has 134 valence electrons. The molecule has 3 rings (SSSR count). The molecule has 0 aliphatic heterocycles. The summed E-state index contributed by atoms with van der Waals surface area (Å²) in [6, 6.07) is 24.1. The van der Waals surface area contributed by atoms with Gasteiger partial charge in [-0.25, -0.2) is 4.98 Å². The summed E-state index contributed by atoms with van der Waals surface area (Å²) in [5.41, 5.74) is 1.39. The Hall–Kier alpha value is -3.43. The number of nitrogens with zero attached hydrogens (tertiary/aromatic N) is 1. The Labute approximate surface area is 159 Å². The lowest BCUT2D eigenvalue weighted by molar-refractivity contribution is 0.121. The summed E-state index contributed by atoms with van der Waals surface area (Å²) in [7, 11) is 0. The number of aliphatic hydroxyl groups is 2. The van der Waals surface area contributed by atoms with Crippen molar-refractivity contribution in [3.63, 3.8) is 0 Å². The van der Waals surface area contributed by atoms with Crippen molar-refractivity contribution in [2.24, 2.45) is 0 Å². The monoisotopic (exact) mass is 355 g/mol. The van der Waals surface area contributed by atoms with Crippen LogP contribution in [-0.2, 0) is 5.60 Å². The lowest BCUT2D eigenvalue weighted by Gasteiger charge is -2.29. The topological polar surface area (TPSA) is 53.4 Å². The molecule has 2 N–H and O–H groups in total. The van der Waals surface area contributed by atoms with Gasteiger partial charge in [0, 0.05) is 5.57 Å². The summed E-state index contributed by atoms with van der Waals surface area (Å²) in [6.07, 6.45) is 2.86. The molecule has 0 aliphatic carbocycles. The van der Waals surface area contributed by atoms with Gasteiger partial charge in [-0.05, 0) is 29.3 Å². The van der Waals surface area contributed by atoms with Crippen molar-refractivity contribution in [2.45, 2.75) is 5.60 Å². The van der Waals surface area contributed by atoms with Gasteiger partial charge in [0.05, 0.1) is 11.4 Å². The molecule has 1 heterocycles. The zero-order chi connectivity index (χ0) is 19.3. The SMILES string of the molecule is C=C/C(O)=C(\C=C)c1cccc(C(O)(c2ccccc2)c2ccccc2)n1. The van der Waals surface area contributed by atoms with Gasteiger partial charge < -0.3 is 10.2 Å². The van der Waals surface area contributed by atoms with E-state index in [2.05, 4.69) is 18.1 Å². The van der Waals surface area contributed by atoms with Crippen LogP contribution in [-0.4, -0.2) is 15.2 Å². The Morgan fingerprint density at radius 1 is 0.778 bits per heavy atom. The maximum atomic E-state index is 11.8. The first-order chi connectivity index (χ1) is 13.1. The molecular formula is C24H21NO2. The Kier molecular flexibility index (Phi) is 5.34. The van der Waals surface area contributed by atoms with E-state index in [4.69, 9.17) is 0 Å². The van der Waals surface area contributed by atoms with E-state index in [0.29, 0.717) is 28.1 Å². The van der Waals surface area contributed by atoms with Crippen molar-refractivity contribution in [1.82, 2.24) is 4.98 Å². The van der Waals surface area contributed by atoms with E-state index in [9.17, 15) is 10.2 Å². The van der Waals surface area contributed by atoms with E-state index in [1.54, 1.807) is 18.2 Å². The van der Waals surface area contributed by atoms with Crippen LogP contribution < -0.4 is 0 Å². The van der Waals surface area contributed by atoms with E-state index in [1.165, 1.54) is 12.2 Å². The number of hydrogen-bond acceptors (Lipinski definition) is 3. The van der Waals surface area contributed by atoms with Crippen molar-refractivity contribution in [3.05, 3.63) is 132 Å². The van der Waals surface area contributed by atoms with E-state index < -0.39 is 5.60 Å². The summed E-state index contributed by atoms with van der Waals surface area (Å²) in [6.45, 7) is 7.33. The van der Waals surface area contributed by atoms with Gasteiger partial charge in [-0.2, -0.15) is 0 Å². The number of aromatic nitrogens is 1. The zero-order valence-electron chi connectivity index (χ0n) is 14.9. The Morgan fingerprint density at radius 2 is 1.33 bits per heavy atom. The zero-order valence-corrected chi connectivity index (χ0v) is 14.9. The molecule has 0 saturated carbocycles. The molecule has 27 heavy (non-hydrogen) atoms. The molecule has 3 heteroatoms. The van der Waals surface area contributed by atoms with Crippen LogP contribution >= 0.6 is 0 Å². The Morgan fingerprint density at radius 3 is 1.81 bits per heavy atom. The molecule has 1 aromatic heterocycles. The maximum Gasteiger partial charge on any atom is 0.157 e. The van der Waals surface area contributed by atoms with E-state index in [0.717, 1.165) is 0 Å². The number of benzene rings is 2. The van der Waals surface area contributed by atoms with Gasteiger partial charge in [0.25, 0.3) is 0 Å². The van der Waals surface area contributed by atoms with Crippen LogP contribution in [0.1, 0.15) is 22.5 Å². The van der Waals surface area contributed by atoms with Gasteiger partial charge in [0.15, 0.2) is 5.60 Å². The summed E-state index contributed by atoms with van der Waals surface area (Å²) >= 11 is 0. The maximum absolute atomic E-state index is 11.8. The average molecular weight is 355 g/mol. The molecule has 0 fully saturated rings. The van der Waals surface area contributed by atoms with Crippen LogP contribution in [0.2, 0.25) is 0 Å². The van der Waals surface area contributed by atoms with Crippen LogP contribution in [0.15, 0.2) is 110 Å². The fourth-order valence-electron chi connectivity index (χ4n) is 3.06. The molecule has 0 saturated heterocycles. The molecule has 0 amide bonds. The first-order valence-corrected chi connectivity index (χ1v) is 8.60. The largest absolute Gasteiger partial charge is 0.507 e. The van der Waals surface area contributed by atoms with Crippen LogP contribution in [0.5, 0.6) is 0 Å². The number of aliphatic hydroxyl groups excluding tert-OH is 1. The average Bonchev–Trinajstić information content (AvgIpc) is 2.75. The highest BCUT2D eigenvalue weighted by molar-refractivity contribution is 5.74. The molecule has 3 nitrogen and oxygen atoms in total. The summed E-state index contributed by atoms with van der Waals surface area (Å²) in [4.78, 5) is 4.65. The molecule has 2 aromatic carbocycles. The molecule has 0 bridgehead atoms. The molecular weight excluding hydrogens is 334 g/mol. The third kappa shape index (κ3) is 3.46. The quantitative estimate of drug-likeness (QED) is 0.483. The summed E-state index contributed by atoms with van der Waals surface area (Å²) < 4.78 is 0. The van der Waals surface area contributed by atoms with Crippen LogP contribution in [0.3, 0.4) is 0 Å². The summed E-state index contributed by atoms with van der Waals surface area (Å²) in [5.74, 6) is -0.0161. The molecule has 3 aromatic rings. The minimum absolute atomic E-state index is 0.0161. The lowest BCUT2D eigenvalue weighted by Crippen LogP contribution is -2.30. The van der Waals surface area contributed by atoms with E-state index >= 15 is 0 Å². The second kappa shape index (κ2) is 7.85. The second-order valence-corrected chi connectivity index (χ2v) is 6.06. The standard InChI is InChI=1S/C24H21NO2/c1-3-20(22(26)4-2)21-16-11-17-23(25-21)24(27,18-12-7-5-8-13-18)19-14-9-6-10-15-19/h3-17,26-27H,1-2H2/b22-20-. The van der Waals surface area contributed by atoms with Gasteiger partial charge >= 0.3 is 0 Å². The van der Waals surface area contributed by atoms with Crippen molar-refractivity contribution < 1.29 is 10.2 Å². The third-order valence-electron chi connectivity index (χ3n) is 4.45. The highest BCUT2D eigenvalue weighted by atomic mass is 16.3. The number of rotatable bonds is 6. The smallest absolute Gasteiger partial charge is 0.157 e. The minimum atomic E-state index is -1.44. The predicted octanol–water partition coefficient (Wildman–Crippen LogP) is 5.01. The summed E-state index contributed by atoms with van der Waals surface area (Å²) in [5, 5.41) is 21.9. The third-order valence-corrected chi connectivity index (χ3v) is 4.45. The molecule has 0 spiro atoms. The minimum Gasteiger partial charge on any atom is -0.507 e. The van der Waals surface area contributed by atoms with Crippen molar-refractivity contribution >= 4 is 5.57 Å². The predicted molar refractivity (Wildman–Crippen MR) is 109 cm³/mol. The Balaban J connectivity index is 2.25. The first-order valence-electron chi connectivity index (χ1n) is 8.60. The first kappa shape index (κ1) is 18.4. The molecule has 0 radical (unpaired) electrons. The number of pyridine rings is 1. The fourth-order valence-corrected chi connectivity index (χ4v) is 3.06. The molecule has 0 unspecified atom stereocenters. The van der Waals surface area contributed by atoms with Gasteiger partial charge in [-0.1, -0.05) is 86.0 Å². The second-order valence-electron chi connectivity index (χ2n) is 6.06. The highest BCUT2D eigenvalue weighted by Gasteiger charge is 2.35. The van der Waals surface area contributed by atoms with Gasteiger partial charge in [-0.15, -0.1) is 0 Å². The molecule has 0 aliphatic rings. The normalized spacial score (nSPS) is 12.2. The fraction of sp³-hybridized carbons (Fsp3) is 0.0417. The van der Waals surface area contributed by atoms with Gasteiger partial charge in [-0.3, -0.25) is 0 Å². The van der Waals surface area contributed by atoms with Gasteiger partial charge in [0.2, 0.25) is 0 Å². The molecule has 0 atom stereocenters. The highest BCUT2D eigenvalue weighted by Crippen LogP contribution is 2.36. The number of allylic oxidation sites excluding steroid dienone is 3. The van der Waals surface area contributed by atoms with Crippen LogP contribution in [0.4, 0.5) is 0 Å². The van der Waals surface area contributed by atoms with E-state index in [-0.39, 0.29) is 5.76 Å². The van der Waals surface area contributed by atoms with E-state index in [1.807, 2.05) is 60.7 Å². The van der Waals surface area contributed by atoms with Crippen LogP contribution in [0, 0.1) is 0 Å². The van der Waals surface area contributed by atoms with Crippen molar-refractivity contribution in [1.29, 1.82) is 0 Å². The van der Waals surface area contributed by atoms with Crippen molar-refractivity contribution in [3.8, 4) is 0 Å². The van der Waals surface area contributed by atoms with Crippen LogP contribution in [0.25, 0.3) is 5.57 Å². The lowest BCUT2D eigenvalue weighted by atomic mass is 9.83.